The highest BCUT2D eigenvalue weighted by atomic mass is 127. The lowest BCUT2D eigenvalue weighted by Crippen LogP contribution is -2.43. The van der Waals surface area contributed by atoms with Gasteiger partial charge in [0, 0.05) is 13.1 Å². The number of carbonyl (C=O) groups is 1. The predicted molar refractivity (Wildman–Crippen MR) is 107 cm³/mol. The monoisotopic (exact) mass is 432 g/mol. The van der Waals surface area contributed by atoms with E-state index in [0.717, 1.165) is 13.0 Å². The van der Waals surface area contributed by atoms with Crippen LogP contribution in [0.4, 0.5) is 0 Å². The van der Waals surface area contributed by atoms with Crippen LogP contribution >= 0.6 is 24.0 Å². The fraction of sp³-hybridized carbons (Fsp3) is 0.529. The molecular weight excluding hydrogens is 403 g/mol. The standard InChI is InChI=1S/C17H28N4O.HI/c1-5-9-19-16(22)12-21-17(18-6-2)20-11-15-8-7-13(3)10-14(15)4;/h7-8,10H,5-6,9,11-12H2,1-4H3,(H,19,22)(H2,18,20,21);1H. The van der Waals surface area contributed by atoms with Crippen LogP contribution in [0.15, 0.2) is 23.2 Å². The van der Waals surface area contributed by atoms with Crippen LogP contribution in [0, 0.1) is 13.8 Å². The second kappa shape index (κ2) is 12.2. The van der Waals surface area contributed by atoms with Crippen LogP contribution < -0.4 is 16.0 Å². The first-order valence-corrected chi connectivity index (χ1v) is 7.91. The Balaban J connectivity index is 0.00000484. The molecule has 0 fully saturated rings. The zero-order chi connectivity index (χ0) is 16.4. The number of hydrogen-bond donors (Lipinski definition) is 3. The Labute approximate surface area is 156 Å². The SMILES string of the molecule is CCCNC(=O)CNC(=NCc1ccc(C)cc1C)NCC.I. The smallest absolute Gasteiger partial charge is 0.239 e. The third kappa shape index (κ3) is 8.78. The van der Waals surface area contributed by atoms with E-state index in [1.165, 1.54) is 16.7 Å². The lowest BCUT2D eigenvalue weighted by Gasteiger charge is -2.12. The summed E-state index contributed by atoms with van der Waals surface area (Å²) in [6, 6.07) is 6.35. The summed E-state index contributed by atoms with van der Waals surface area (Å²) in [4.78, 5) is 16.2. The van der Waals surface area contributed by atoms with Gasteiger partial charge in [0.15, 0.2) is 5.96 Å². The fourth-order valence-electron chi connectivity index (χ4n) is 2.02. The van der Waals surface area contributed by atoms with E-state index < -0.39 is 0 Å². The van der Waals surface area contributed by atoms with Crippen molar-refractivity contribution in [3.05, 3.63) is 34.9 Å². The largest absolute Gasteiger partial charge is 0.357 e. The molecule has 0 atom stereocenters. The van der Waals surface area contributed by atoms with E-state index in [1.807, 2.05) is 13.8 Å². The van der Waals surface area contributed by atoms with Gasteiger partial charge in [0.2, 0.25) is 5.91 Å². The van der Waals surface area contributed by atoms with E-state index in [-0.39, 0.29) is 36.4 Å². The number of amides is 1. The molecule has 0 heterocycles. The summed E-state index contributed by atoms with van der Waals surface area (Å²) in [7, 11) is 0. The Morgan fingerprint density at radius 1 is 1.13 bits per heavy atom. The summed E-state index contributed by atoms with van der Waals surface area (Å²) < 4.78 is 0. The van der Waals surface area contributed by atoms with Gasteiger partial charge in [-0.1, -0.05) is 30.7 Å². The third-order valence-electron chi connectivity index (χ3n) is 3.24. The Hall–Kier alpha value is -1.31. The zero-order valence-electron chi connectivity index (χ0n) is 14.5. The van der Waals surface area contributed by atoms with E-state index in [0.29, 0.717) is 19.0 Å². The highest BCUT2D eigenvalue weighted by Crippen LogP contribution is 2.11. The van der Waals surface area contributed by atoms with Crippen molar-refractivity contribution in [2.24, 2.45) is 4.99 Å². The van der Waals surface area contributed by atoms with Crippen LogP contribution in [-0.4, -0.2) is 31.5 Å². The molecule has 0 aliphatic heterocycles. The predicted octanol–water partition coefficient (Wildman–Crippen LogP) is 2.50. The third-order valence-corrected chi connectivity index (χ3v) is 3.24. The van der Waals surface area contributed by atoms with Gasteiger partial charge in [0.25, 0.3) is 0 Å². The Bertz CT molecular complexity index is 517. The summed E-state index contributed by atoms with van der Waals surface area (Å²) in [5.74, 6) is 0.646. The maximum absolute atomic E-state index is 11.6. The van der Waals surface area contributed by atoms with Crippen molar-refractivity contribution in [3.63, 3.8) is 0 Å². The average molecular weight is 432 g/mol. The van der Waals surface area contributed by atoms with Crippen molar-refractivity contribution in [2.45, 2.75) is 40.7 Å². The molecule has 1 aromatic carbocycles. The van der Waals surface area contributed by atoms with Crippen molar-refractivity contribution >= 4 is 35.8 Å². The van der Waals surface area contributed by atoms with Gasteiger partial charge in [-0.25, -0.2) is 4.99 Å². The number of halogens is 1. The van der Waals surface area contributed by atoms with Gasteiger partial charge < -0.3 is 16.0 Å². The Morgan fingerprint density at radius 2 is 1.87 bits per heavy atom. The molecule has 0 aliphatic carbocycles. The van der Waals surface area contributed by atoms with Gasteiger partial charge in [0.05, 0.1) is 13.1 Å². The van der Waals surface area contributed by atoms with Gasteiger partial charge in [0.1, 0.15) is 0 Å². The molecule has 1 aromatic rings. The summed E-state index contributed by atoms with van der Waals surface area (Å²) in [6.45, 7) is 10.5. The number of aryl methyl sites for hydroxylation is 2. The van der Waals surface area contributed by atoms with Crippen LogP contribution in [0.1, 0.15) is 37.0 Å². The van der Waals surface area contributed by atoms with E-state index in [9.17, 15) is 4.79 Å². The molecular formula is C17H29IN4O. The number of aliphatic imine (C=N–C) groups is 1. The second-order valence-corrected chi connectivity index (χ2v) is 5.33. The molecule has 0 saturated carbocycles. The Kier molecular flexibility index (Phi) is 11.5. The number of carbonyl (C=O) groups excluding carboxylic acids is 1. The number of nitrogens with one attached hydrogen (secondary N) is 3. The van der Waals surface area contributed by atoms with Gasteiger partial charge in [-0.2, -0.15) is 0 Å². The number of hydrogen-bond acceptors (Lipinski definition) is 2. The van der Waals surface area contributed by atoms with E-state index in [1.54, 1.807) is 0 Å². The first-order chi connectivity index (χ1) is 10.6. The van der Waals surface area contributed by atoms with Crippen LogP contribution in [0.2, 0.25) is 0 Å². The molecule has 0 aliphatic rings. The Morgan fingerprint density at radius 3 is 2.48 bits per heavy atom. The molecule has 1 rings (SSSR count). The first kappa shape index (κ1) is 21.7. The number of benzene rings is 1. The van der Waals surface area contributed by atoms with Crippen molar-refractivity contribution in [3.8, 4) is 0 Å². The molecule has 0 radical (unpaired) electrons. The maximum atomic E-state index is 11.6. The summed E-state index contributed by atoms with van der Waals surface area (Å²) in [5, 5.41) is 9.05. The number of rotatable bonds is 7. The first-order valence-electron chi connectivity index (χ1n) is 7.91. The molecule has 0 bridgehead atoms. The van der Waals surface area contributed by atoms with Gasteiger partial charge >= 0.3 is 0 Å². The molecule has 6 heteroatoms. The summed E-state index contributed by atoms with van der Waals surface area (Å²) in [5.41, 5.74) is 3.68. The lowest BCUT2D eigenvalue weighted by atomic mass is 10.1. The van der Waals surface area contributed by atoms with Crippen LogP contribution in [0.5, 0.6) is 0 Å². The highest BCUT2D eigenvalue weighted by molar-refractivity contribution is 14.0. The lowest BCUT2D eigenvalue weighted by molar-refractivity contribution is -0.120. The molecule has 0 unspecified atom stereocenters. The topological polar surface area (TPSA) is 65.5 Å². The molecule has 0 aromatic heterocycles. The van der Waals surface area contributed by atoms with Crippen LogP contribution in [0.3, 0.4) is 0 Å². The fourth-order valence-corrected chi connectivity index (χ4v) is 2.02. The quantitative estimate of drug-likeness (QED) is 0.353. The number of nitrogens with zero attached hydrogens (tertiary/aromatic N) is 1. The summed E-state index contributed by atoms with van der Waals surface area (Å²) >= 11 is 0. The molecule has 0 saturated heterocycles. The normalized spacial score (nSPS) is 10.7. The van der Waals surface area contributed by atoms with E-state index in [4.69, 9.17) is 0 Å². The molecule has 1 amide bonds. The number of guanidine groups is 1. The maximum Gasteiger partial charge on any atom is 0.239 e. The van der Waals surface area contributed by atoms with Crippen LogP contribution in [0.25, 0.3) is 0 Å². The molecule has 130 valence electrons. The van der Waals surface area contributed by atoms with Gasteiger partial charge in [-0.15, -0.1) is 24.0 Å². The van der Waals surface area contributed by atoms with Crippen molar-refractivity contribution in [1.82, 2.24) is 16.0 Å². The molecule has 0 spiro atoms. The second-order valence-electron chi connectivity index (χ2n) is 5.33. The van der Waals surface area contributed by atoms with Gasteiger partial charge in [-0.3, -0.25) is 4.79 Å². The minimum absolute atomic E-state index is 0. The molecule has 3 N–H and O–H groups in total. The van der Waals surface area contributed by atoms with Crippen molar-refractivity contribution in [1.29, 1.82) is 0 Å². The minimum atomic E-state index is -0.0148. The zero-order valence-corrected chi connectivity index (χ0v) is 16.9. The highest BCUT2D eigenvalue weighted by Gasteiger charge is 2.03. The molecule has 5 nitrogen and oxygen atoms in total. The van der Waals surface area contributed by atoms with E-state index in [2.05, 4.69) is 53.0 Å². The molecule has 23 heavy (non-hydrogen) atoms. The minimum Gasteiger partial charge on any atom is -0.357 e. The van der Waals surface area contributed by atoms with Gasteiger partial charge in [-0.05, 0) is 38.3 Å². The van der Waals surface area contributed by atoms with E-state index >= 15 is 0 Å². The van der Waals surface area contributed by atoms with Crippen molar-refractivity contribution < 1.29 is 4.79 Å². The van der Waals surface area contributed by atoms with Crippen molar-refractivity contribution in [2.75, 3.05) is 19.6 Å². The summed E-state index contributed by atoms with van der Waals surface area (Å²) in [6.07, 6.45) is 0.937. The average Bonchev–Trinajstić information content (AvgIpc) is 2.49. The van der Waals surface area contributed by atoms with Crippen LogP contribution in [-0.2, 0) is 11.3 Å².